The highest BCUT2D eigenvalue weighted by molar-refractivity contribution is 9.10. The highest BCUT2D eigenvalue weighted by atomic mass is 79.9. The second kappa shape index (κ2) is 8.51. The van der Waals surface area contributed by atoms with Crippen molar-refractivity contribution in [3.8, 4) is 0 Å². The van der Waals surface area contributed by atoms with Crippen molar-refractivity contribution in [2.24, 2.45) is 0 Å². The number of thioether (sulfide) groups is 1. The van der Waals surface area contributed by atoms with Gasteiger partial charge >= 0.3 is 0 Å². The van der Waals surface area contributed by atoms with Crippen LogP contribution in [-0.2, 0) is 11.3 Å². The third kappa shape index (κ3) is 4.74. The molecule has 0 radical (unpaired) electrons. The Morgan fingerprint density at radius 2 is 1.92 bits per heavy atom. The summed E-state index contributed by atoms with van der Waals surface area (Å²) in [5, 5.41) is 12.1. The van der Waals surface area contributed by atoms with Gasteiger partial charge in [0, 0.05) is 10.2 Å². The normalized spacial score (nSPS) is 10.7. The standard InChI is InChI=1S/C19H19BrN4OS/c1-13-10-16(20)8-9-17(13)21-18(25)12-26-19-23-22-14(2)24(19)11-15-6-4-3-5-7-15/h3-10H,11-12H2,1-2H3,(H,21,25). The largest absolute Gasteiger partial charge is 0.325 e. The van der Waals surface area contributed by atoms with Gasteiger partial charge in [-0.05, 0) is 43.2 Å². The van der Waals surface area contributed by atoms with Gasteiger partial charge in [-0.2, -0.15) is 0 Å². The molecule has 1 N–H and O–H groups in total. The monoisotopic (exact) mass is 430 g/mol. The summed E-state index contributed by atoms with van der Waals surface area (Å²) in [7, 11) is 0. The van der Waals surface area contributed by atoms with Crippen molar-refractivity contribution in [3.63, 3.8) is 0 Å². The van der Waals surface area contributed by atoms with Crippen molar-refractivity contribution in [1.82, 2.24) is 14.8 Å². The minimum absolute atomic E-state index is 0.0627. The van der Waals surface area contributed by atoms with Crippen molar-refractivity contribution >= 4 is 39.3 Å². The molecule has 2 aromatic carbocycles. The first-order valence-corrected chi connectivity index (χ1v) is 9.93. The summed E-state index contributed by atoms with van der Waals surface area (Å²) in [5.41, 5.74) is 3.01. The summed E-state index contributed by atoms with van der Waals surface area (Å²) < 4.78 is 3.02. The highest BCUT2D eigenvalue weighted by Gasteiger charge is 2.13. The molecule has 7 heteroatoms. The van der Waals surface area contributed by atoms with E-state index in [9.17, 15) is 4.79 Å². The zero-order chi connectivity index (χ0) is 18.5. The predicted molar refractivity (Wildman–Crippen MR) is 109 cm³/mol. The number of halogens is 1. The zero-order valence-corrected chi connectivity index (χ0v) is 17.0. The molecule has 0 bridgehead atoms. The Bertz CT molecular complexity index is 911. The van der Waals surface area contributed by atoms with Gasteiger partial charge in [-0.1, -0.05) is 58.0 Å². The minimum atomic E-state index is -0.0627. The maximum atomic E-state index is 12.3. The number of hydrogen-bond acceptors (Lipinski definition) is 4. The molecule has 1 aromatic heterocycles. The van der Waals surface area contributed by atoms with Gasteiger partial charge in [0.2, 0.25) is 5.91 Å². The lowest BCUT2D eigenvalue weighted by Crippen LogP contribution is -2.15. The summed E-state index contributed by atoms with van der Waals surface area (Å²) in [6, 6.07) is 15.9. The number of carbonyl (C=O) groups is 1. The number of aryl methyl sites for hydroxylation is 2. The van der Waals surface area contributed by atoms with Gasteiger partial charge < -0.3 is 9.88 Å². The Morgan fingerprint density at radius 3 is 2.65 bits per heavy atom. The fourth-order valence-electron chi connectivity index (χ4n) is 2.50. The average molecular weight is 431 g/mol. The van der Waals surface area contributed by atoms with Crippen molar-refractivity contribution in [3.05, 3.63) is 70.0 Å². The molecule has 3 aromatic rings. The van der Waals surface area contributed by atoms with Gasteiger partial charge in [-0.3, -0.25) is 4.79 Å². The molecule has 0 aliphatic rings. The molecule has 0 saturated carbocycles. The summed E-state index contributed by atoms with van der Waals surface area (Å²) in [5.74, 6) is 1.05. The number of nitrogens with zero attached hydrogens (tertiary/aromatic N) is 3. The van der Waals surface area contributed by atoms with E-state index in [4.69, 9.17) is 0 Å². The predicted octanol–water partition coefficient (Wildman–Crippen LogP) is 4.44. The lowest BCUT2D eigenvalue weighted by atomic mass is 10.2. The van der Waals surface area contributed by atoms with E-state index >= 15 is 0 Å². The van der Waals surface area contributed by atoms with Crippen LogP contribution in [0.3, 0.4) is 0 Å². The Hall–Kier alpha value is -2.12. The molecular formula is C19H19BrN4OS. The molecule has 0 saturated heterocycles. The van der Waals surface area contributed by atoms with E-state index < -0.39 is 0 Å². The van der Waals surface area contributed by atoms with E-state index in [0.29, 0.717) is 6.54 Å². The fourth-order valence-corrected chi connectivity index (χ4v) is 3.76. The topological polar surface area (TPSA) is 59.8 Å². The summed E-state index contributed by atoms with van der Waals surface area (Å²) in [6.07, 6.45) is 0. The molecule has 0 unspecified atom stereocenters. The number of benzene rings is 2. The van der Waals surface area contributed by atoms with E-state index in [1.165, 1.54) is 17.3 Å². The highest BCUT2D eigenvalue weighted by Crippen LogP contribution is 2.22. The number of amides is 1. The van der Waals surface area contributed by atoms with Gasteiger partial charge in [0.15, 0.2) is 5.16 Å². The molecule has 5 nitrogen and oxygen atoms in total. The molecule has 0 fully saturated rings. The number of anilines is 1. The number of carbonyl (C=O) groups excluding carboxylic acids is 1. The average Bonchev–Trinajstić information content (AvgIpc) is 2.97. The van der Waals surface area contributed by atoms with Gasteiger partial charge in [-0.15, -0.1) is 10.2 Å². The Kier molecular flexibility index (Phi) is 6.11. The fraction of sp³-hybridized carbons (Fsp3) is 0.211. The second-order valence-corrected chi connectivity index (χ2v) is 7.76. The number of hydrogen-bond donors (Lipinski definition) is 1. The van der Waals surface area contributed by atoms with Gasteiger partial charge in [0.05, 0.1) is 12.3 Å². The molecule has 0 aliphatic carbocycles. The third-order valence-corrected chi connectivity index (χ3v) is 5.34. The molecule has 1 heterocycles. The summed E-state index contributed by atoms with van der Waals surface area (Å²) in [4.78, 5) is 12.3. The van der Waals surface area contributed by atoms with Crippen LogP contribution in [0.2, 0.25) is 0 Å². The van der Waals surface area contributed by atoms with E-state index in [0.717, 1.165) is 26.7 Å². The number of nitrogens with one attached hydrogen (secondary N) is 1. The Morgan fingerprint density at radius 1 is 1.15 bits per heavy atom. The molecule has 0 aliphatic heterocycles. The molecule has 134 valence electrons. The van der Waals surface area contributed by atoms with Crippen LogP contribution in [0.4, 0.5) is 5.69 Å². The second-order valence-electron chi connectivity index (χ2n) is 5.90. The van der Waals surface area contributed by atoms with E-state index in [-0.39, 0.29) is 11.7 Å². The molecular weight excluding hydrogens is 412 g/mol. The smallest absolute Gasteiger partial charge is 0.234 e. The first kappa shape index (κ1) is 18.7. The van der Waals surface area contributed by atoms with Crippen LogP contribution in [0.1, 0.15) is 17.0 Å². The van der Waals surface area contributed by atoms with Crippen LogP contribution in [0.25, 0.3) is 0 Å². The van der Waals surface area contributed by atoms with Crippen LogP contribution in [0, 0.1) is 13.8 Å². The first-order chi connectivity index (χ1) is 12.5. The van der Waals surface area contributed by atoms with Crippen molar-refractivity contribution in [2.75, 3.05) is 11.1 Å². The van der Waals surface area contributed by atoms with Gasteiger partial charge in [0.25, 0.3) is 0 Å². The van der Waals surface area contributed by atoms with E-state index in [1.807, 2.05) is 54.8 Å². The Labute approximate surface area is 165 Å². The lowest BCUT2D eigenvalue weighted by molar-refractivity contribution is -0.113. The van der Waals surface area contributed by atoms with Crippen molar-refractivity contribution < 1.29 is 4.79 Å². The van der Waals surface area contributed by atoms with Crippen LogP contribution in [0.5, 0.6) is 0 Å². The summed E-state index contributed by atoms with van der Waals surface area (Å²) in [6.45, 7) is 4.58. The quantitative estimate of drug-likeness (QED) is 0.587. The lowest BCUT2D eigenvalue weighted by Gasteiger charge is -2.10. The molecule has 0 atom stereocenters. The van der Waals surface area contributed by atoms with Crippen LogP contribution in [-0.4, -0.2) is 26.4 Å². The molecule has 3 rings (SSSR count). The minimum Gasteiger partial charge on any atom is -0.325 e. The van der Waals surface area contributed by atoms with Crippen LogP contribution >= 0.6 is 27.7 Å². The van der Waals surface area contributed by atoms with Crippen LogP contribution in [0.15, 0.2) is 58.2 Å². The zero-order valence-electron chi connectivity index (χ0n) is 14.6. The van der Waals surface area contributed by atoms with E-state index in [2.05, 4.69) is 43.6 Å². The number of aromatic nitrogens is 3. The summed E-state index contributed by atoms with van der Waals surface area (Å²) >= 11 is 4.82. The van der Waals surface area contributed by atoms with Crippen molar-refractivity contribution in [2.45, 2.75) is 25.5 Å². The van der Waals surface area contributed by atoms with Crippen LogP contribution < -0.4 is 5.32 Å². The first-order valence-electron chi connectivity index (χ1n) is 8.15. The Balaban J connectivity index is 1.63. The van der Waals surface area contributed by atoms with E-state index in [1.54, 1.807) is 0 Å². The third-order valence-electron chi connectivity index (χ3n) is 3.88. The van der Waals surface area contributed by atoms with Crippen molar-refractivity contribution in [1.29, 1.82) is 0 Å². The maximum absolute atomic E-state index is 12.3. The maximum Gasteiger partial charge on any atom is 0.234 e. The number of rotatable bonds is 6. The van der Waals surface area contributed by atoms with Gasteiger partial charge in [-0.25, -0.2) is 0 Å². The SMILES string of the molecule is Cc1cc(Br)ccc1NC(=O)CSc1nnc(C)n1Cc1ccccc1. The molecule has 0 spiro atoms. The molecule has 1 amide bonds. The van der Waals surface area contributed by atoms with Gasteiger partial charge in [0.1, 0.15) is 5.82 Å². The molecule has 26 heavy (non-hydrogen) atoms.